The van der Waals surface area contributed by atoms with E-state index < -0.39 is 0 Å². The molecule has 1 aromatic rings. The largest absolute Gasteiger partial charge is 0.493 e. The molecule has 1 N–H and O–H groups in total. The third-order valence-corrected chi connectivity index (χ3v) is 2.94. The van der Waals surface area contributed by atoms with Crippen molar-refractivity contribution in [1.82, 2.24) is 5.32 Å². The zero-order valence-electron chi connectivity index (χ0n) is 9.07. The molecule has 4 heteroatoms. The normalized spacial score (nSPS) is 24.2. The molecule has 1 aliphatic rings. The highest BCUT2D eigenvalue weighted by atomic mass is 19.1. The molecule has 0 aliphatic carbocycles. The maximum absolute atomic E-state index is 12.6. The zero-order valence-corrected chi connectivity index (χ0v) is 9.07. The van der Waals surface area contributed by atoms with Gasteiger partial charge in [0.25, 0.3) is 0 Å². The van der Waals surface area contributed by atoms with Crippen LogP contribution in [-0.2, 0) is 4.79 Å². The fraction of sp³-hybridized carbons (Fsp3) is 0.417. The van der Waals surface area contributed by atoms with Crippen molar-refractivity contribution in [1.29, 1.82) is 0 Å². The van der Waals surface area contributed by atoms with Gasteiger partial charge in [0.2, 0.25) is 5.91 Å². The molecule has 1 heterocycles. The third-order valence-electron chi connectivity index (χ3n) is 2.94. The fourth-order valence-corrected chi connectivity index (χ4v) is 1.72. The van der Waals surface area contributed by atoms with Crippen molar-refractivity contribution in [2.75, 3.05) is 13.2 Å². The Labute approximate surface area is 93.6 Å². The second-order valence-corrected chi connectivity index (χ2v) is 4.06. The Bertz CT molecular complexity index is 377. The second-order valence-electron chi connectivity index (χ2n) is 4.06. The molecule has 0 aromatic heterocycles. The minimum Gasteiger partial charge on any atom is -0.493 e. The number of hydrogen-bond donors (Lipinski definition) is 1. The smallest absolute Gasteiger partial charge is 0.223 e. The van der Waals surface area contributed by atoms with Gasteiger partial charge in [-0.2, -0.15) is 0 Å². The van der Waals surface area contributed by atoms with E-state index in [1.807, 2.05) is 6.92 Å². The Balaban J connectivity index is 1.88. The van der Waals surface area contributed by atoms with E-state index >= 15 is 0 Å². The summed E-state index contributed by atoms with van der Waals surface area (Å²) in [5.74, 6) is 0.608. The van der Waals surface area contributed by atoms with E-state index in [9.17, 15) is 9.18 Å². The Kier molecular flexibility index (Phi) is 3.08. The highest BCUT2D eigenvalue weighted by Crippen LogP contribution is 2.19. The third kappa shape index (κ3) is 2.32. The van der Waals surface area contributed by atoms with Crippen LogP contribution in [-0.4, -0.2) is 19.1 Å². The summed E-state index contributed by atoms with van der Waals surface area (Å²) in [5, 5.41) is 2.79. The molecule has 3 nitrogen and oxygen atoms in total. The summed E-state index contributed by atoms with van der Waals surface area (Å²) in [6.45, 7) is 3.02. The molecule has 2 rings (SSSR count). The van der Waals surface area contributed by atoms with E-state index in [1.165, 1.54) is 12.1 Å². The van der Waals surface area contributed by atoms with Crippen molar-refractivity contribution >= 4 is 5.91 Å². The van der Waals surface area contributed by atoms with Crippen molar-refractivity contribution in [3.63, 3.8) is 0 Å². The average Bonchev–Trinajstić information content (AvgIpc) is 2.60. The Morgan fingerprint density at radius 3 is 2.69 bits per heavy atom. The van der Waals surface area contributed by atoms with E-state index in [-0.39, 0.29) is 23.6 Å². The standard InChI is InChI=1S/C12H14FNO2/c1-8-9(6-14-12(8)15)7-16-11-4-2-10(13)3-5-11/h2-5,8-9H,6-7H2,1H3,(H,14,15)/t8-,9-/m1/s1. The molecule has 2 atom stereocenters. The van der Waals surface area contributed by atoms with Crippen molar-refractivity contribution in [3.05, 3.63) is 30.1 Å². The maximum atomic E-state index is 12.6. The predicted octanol–water partition coefficient (Wildman–Crippen LogP) is 1.59. The van der Waals surface area contributed by atoms with Gasteiger partial charge in [-0.05, 0) is 24.3 Å². The number of nitrogens with one attached hydrogen (secondary N) is 1. The summed E-state index contributed by atoms with van der Waals surface area (Å²) in [6, 6.07) is 5.89. The van der Waals surface area contributed by atoms with Crippen LogP contribution < -0.4 is 10.1 Å². The number of carbonyl (C=O) groups is 1. The lowest BCUT2D eigenvalue weighted by Crippen LogP contribution is -2.19. The van der Waals surface area contributed by atoms with Gasteiger partial charge in [0.05, 0.1) is 6.61 Å². The van der Waals surface area contributed by atoms with Crippen LogP contribution in [0.3, 0.4) is 0 Å². The number of amides is 1. The molecule has 86 valence electrons. The molecule has 0 unspecified atom stereocenters. The molecule has 1 aromatic carbocycles. The minimum atomic E-state index is -0.279. The van der Waals surface area contributed by atoms with E-state index in [1.54, 1.807) is 12.1 Å². The highest BCUT2D eigenvalue weighted by Gasteiger charge is 2.30. The molecule has 0 spiro atoms. The van der Waals surface area contributed by atoms with Crippen LogP contribution >= 0.6 is 0 Å². The zero-order chi connectivity index (χ0) is 11.5. The van der Waals surface area contributed by atoms with Crippen molar-refractivity contribution in [3.8, 4) is 5.75 Å². The van der Waals surface area contributed by atoms with Crippen LogP contribution in [0.4, 0.5) is 4.39 Å². The maximum Gasteiger partial charge on any atom is 0.223 e. The van der Waals surface area contributed by atoms with Crippen LogP contribution in [0.1, 0.15) is 6.92 Å². The van der Waals surface area contributed by atoms with E-state index in [0.29, 0.717) is 18.9 Å². The summed E-state index contributed by atoms with van der Waals surface area (Å²) in [6.07, 6.45) is 0. The summed E-state index contributed by atoms with van der Waals surface area (Å²) >= 11 is 0. The topological polar surface area (TPSA) is 38.3 Å². The molecular weight excluding hydrogens is 209 g/mol. The van der Waals surface area contributed by atoms with Crippen molar-refractivity contribution in [2.24, 2.45) is 11.8 Å². The SMILES string of the molecule is C[C@H]1C(=O)NC[C@@H]1COc1ccc(F)cc1. The molecule has 1 saturated heterocycles. The molecule has 1 fully saturated rings. The van der Waals surface area contributed by atoms with Gasteiger partial charge in [-0.25, -0.2) is 4.39 Å². The summed E-state index contributed by atoms with van der Waals surface area (Å²) in [4.78, 5) is 11.2. The highest BCUT2D eigenvalue weighted by molar-refractivity contribution is 5.80. The lowest BCUT2D eigenvalue weighted by molar-refractivity contribution is -0.122. The molecule has 0 saturated carbocycles. The second kappa shape index (κ2) is 4.51. The molecule has 16 heavy (non-hydrogen) atoms. The summed E-state index contributed by atoms with van der Waals surface area (Å²) in [7, 11) is 0. The quantitative estimate of drug-likeness (QED) is 0.845. The Hall–Kier alpha value is -1.58. The summed E-state index contributed by atoms with van der Waals surface area (Å²) in [5.41, 5.74) is 0. The number of benzene rings is 1. The molecule has 1 amide bonds. The van der Waals surface area contributed by atoms with E-state index in [2.05, 4.69) is 5.32 Å². The lowest BCUT2D eigenvalue weighted by Gasteiger charge is -2.13. The summed E-state index contributed by atoms with van der Waals surface area (Å²) < 4.78 is 18.1. The van der Waals surface area contributed by atoms with Crippen LogP contribution in [0.15, 0.2) is 24.3 Å². The first-order valence-corrected chi connectivity index (χ1v) is 5.33. The van der Waals surface area contributed by atoms with Crippen LogP contribution in [0.5, 0.6) is 5.75 Å². The fourth-order valence-electron chi connectivity index (χ4n) is 1.72. The Morgan fingerprint density at radius 2 is 2.12 bits per heavy atom. The minimum absolute atomic E-state index is 0.0135. The van der Waals surface area contributed by atoms with Gasteiger partial charge < -0.3 is 10.1 Å². The van der Waals surface area contributed by atoms with Crippen molar-refractivity contribution < 1.29 is 13.9 Å². The molecule has 1 aliphatic heterocycles. The van der Waals surface area contributed by atoms with Gasteiger partial charge in [0.15, 0.2) is 0 Å². The predicted molar refractivity (Wildman–Crippen MR) is 57.6 cm³/mol. The van der Waals surface area contributed by atoms with Crippen LogP contribution in [0.2, 0.25) is 0 Å². The van der Waals surface area contributed by atoms with Crippen molar-refractivity contribution in [2.45, 2.75) is 6.92 Å². The molecule has 0 bridgehead atoms. The monoisotopic (exact) mass is 223 g/mol. The number of ether oxygens (including phenoxy) is 1. The molecule has 0 radical (unpaired) electrons. The first-order chi connectivity index (χ1) is 7.66. The van der Waals surface area contributed by atoms with Gasteiger partial charge >= 0.3 is 0 Å². The first-order valence-electron chi connectivity index (χ1n) is 5.33. The number of halogens is 1. The van der Waals surface area contributed by atoms with E-state index in [4.69, 9.17) is 4.74 Å². The van der Waals surface area contributed by atoms with Crippen LogP contribution in [0.25, 0.3) is 0 Å². The molecular formula is C12H14FNO2. The number of carbonyl (C=O) groups excluding carboxylic acids is 1. The van der Waals surface area contributed by atoms with Gasteiger partial charge in [0.1, 0.15) is 11.6 Å². The average molecular weight is 223 g/mol. The first kappa shape index (κ1) is 10.9. The number of hydrogen-bond acceptors (Lipinski definition) is 2. The lowest BCUT2D eigenvalue weighted by atomic mass is 9.99. The van der Waals surface area contributed by atoms with Gasteiger partial charge in [-0.15, -0.1) is 0 Å². The van der Waals surface area contributed by atoms with Gasteiger partial charge in [0, 0.05) is 18.4 Å². The van der Waals surface area contributed by atoms with Gasteiger partial charge in [-0.3, -0.25) is 4.79 Å². The van der Waals surface area contributed by atoms with E-state index in [0.717, 1.165) is 0 Å². The number of rotatable bonds is 3. The van der Waals surface area contributed by atoms with Crippen LogP contribution in [0, 0.1) is 17.7 Å². The Morgan fingerprint density at radius 1 is 1.44 bits per heavy atom. The van der Waals surface area contributed by atoms with Gasteiger partial charge in [-0.1, -0.05) is 6.92 Å².